The van der Waals surface area contributed by atoms with E-state index in [0.29, 0.717) is 25.4 Å². The molecule has 1 rings (SSSR count). The topological polar surface area (TPSA) is 86.5 Å². The summed E-state index contributed by atoms with van der Waals surface area (Å²) < 4.78 is 10.2. The summed E-state index contributed by atoms with van der Waals surface area (Å²) in [5.74, 6) is 0.397. The number of ether oxygens (including phenoxy) is 2. The molecule has 100 valence electrons. The van der Waals surface area contributed by atoms with Gasteiger partial charge in [0.1, 0.15) is 5.75 Å². The number of amides is 1. The van der Waals surface area contributed by atoms with E-state index in [1.165, 1.54) is 0 Å². The molecule has 0 aliphatic heterocycles. The zero-order chi connectivity index (χ0) is 13.2. The minimum absolute atomic E-state index is 0.0172. The first kappa shape index (κ1) is 14.4. The van der Waals surface area contributed by atoms with Gasteiger partial charge in [-0.2, -0.15) is 0 Å². The number of nitrogens with zero attached hydrogens (tertiary/aromatic N) is 1. The Morgan fingerprint density at radius 2 is 2.33 bits per heavy atom. The lowest BCUT2D eigenvalue weighted by molar-refractivity contribution is -0.123. The van der Waals surface area contributed by atoms with Crippen molar-refractivity contribution in [2.24, 2.45) is 5.73 Å². The van der Waals surface area contributed by atoms with Gasteiger partial charge < -0.3 is 20.5 Å². The van der Waals surface area contributed by atoms with Crippen LogP contribution in [0.5, 0.6) is 5.75 Å². The Morgan fingerprint density at radius 3 is 2.94 bits per heavy atom. The molecule has 0 aliphatic carbocycles. The van der Waals surface area contributed by atoms with E-state index < -0.39 is 0 Å². The number of hydrogen-bond donors (Lipinski definition) is 2. The fourth-order valence-corrected chi connectivity index (χ4v) is 1.26. The lowest BCUT2D eigenvalue weighted by atomic mass is 10.3. The van der Waals surface area contributed by atoms with Gasteiger partial charge in [-0.25, -0.2) is 0 Å². The van der Waals surface area contributed by atoms with Gasteiger partial charge in [0.05, 0.1) is 11.9 Å². The van der Waals surface area contributed by atoms with Gasteiger partial charge in [-0.15, -0.1) is 0 Å². The fraction of sp³-hybridized carbons (Fsp3) is 0.500. The summed E-state index contributed by atoms with van der Waals surface area (Å²) >= 11 is 0. The van der Waals surface area contributed by atoms with Gasteiger partial charge in [-0.3, -0.25) is 9.78 Å². The molecule has 1 aromatic heterocycles. The van der Waals surface area contributed by atoms with Gasteiger partial charge in [0.2, 0.25) is 0 Å². The van der Waals surface area contributed by atoms with Crippen LogP contribution in [0.3, 0.4) is 0 Å². The number of carbonyl (C=O) groups excluding carboxylic acids is 1. The maximum Gasteiger partial charge on any atom is 0.257 e. The molecule has 1 amide bonds. The van der Waals surface area contributed by atoms with Gasteiger partial charge in [-0.1, -0.05) is 0 Å². The highest BCUT2D eigenvalue weighted by Crippen LogP contribution is 2.08. The molecule has 0 aromatic carbocycles. The molecule has 6 nitrogen and oxygen atoms in total. The predicted octanol–water partition coefficient (Wildman–Crippen LogP) is 0.0718. The van der Waals surface area contributed by atoms with Crippen molar-refractivity contribution in [3.63, 3.8) is 0 Å². The average Bonchev–Trinajstić information content (AvgIpc) is 2.42. The Bertz CT molecular complexity index is 354. The number of aromatic nitrogens is 1. The molecule has 0 saturated heterocycles. The molecule has 3 N–H and O–H groups in total. The number of nitrogens with one attached hydrogen (secondary N) is 1. The van der Waals surface area contributed by atoms with Crippen LogP contribution >= 0.6 is 0 Å². The maximum absolute atomic E-state index is 11.4. The Balaban J connectivity index is 2.20. The molecule has 0 bridgehead atoms. The van der Waals surface area contributed by atoms with E-state index in [2.05, 4.69) is 10.3 Å². The SMILES string of the molecule is COCCCNC(=O)COc1ccc(CN)nc1. The molecule has 0 aliphatic rings. The van der Waals surface area contributed by atoms with E-state index in [-0.39, 0.29) is 12.5 Å². The highest BCUT2D eigenvalue weighted by Gasteiger charge is 2.02. The second kappa shape index (κ2) is 8.43. The lowest BCUT2D eigenvalue weighted by Gasteiger charge is -2.07. The average molecular weight is 253 g/mol. The number of hydrogen-bond acceptors (Lipinski definition) is 5. The fourth-order valence-electron chi connectivity index (χ4n) is 1.26. The van der Waals surface area contributed by atoms with E-state index in [4.69, 9.17) is 15.2 Å². The highest BCUT2D eigenvalue weighted by molar-refractivity contribution is 5.77. The van der Waals surface area contributed by atoms with Crippen LogP contribution in [0.15, 0.2) is 18.3 Å². The van der Waals surface area contributed by atoms with Gasteiger partial charge >= 0.3 is 0 Å². The normalized spacial score (nSPS) is 10.1. The number of pyridine rings is 1. The lowest BCUT2D eigenvalue weighted by Crippen LogP contribution is -2.30. The molecular formula is C12H19N3O3. The van der Waals surface area contributed by atoms with Crippen LogP contribution in [-0.4, -0.2) is 37.8 Å². The van der Waals surface area contributed by atoms with Crippen LogP contribution in [0.2, 0.25) is 0 Å². The van der Waals surface area contributed by atoms with Crippen molar-refractivity contribution < 1.29 is 14.3 Å². The van der Waals surface area contributed by atoms with Gasteiger partial charge in [0.15, 0.2) is 6.61 Å². The summed E-state index contributed by atoms with van der Waals surface area (Å²) in [6.45, 7) is 1.59. The minimum atomic E-state index is -0.158. The van der Waals surface area contributed by atoms with Crippen molar-refractivity contribution in [2.75, 3.05) is 26.9 Å². The van der Waals surface area contributed by atoms with Gasteiger partial charge in [0.25, 0.3) is 5.91 Å². The highest BCUT2D eigenvalue weighted by atomic mass is 16.5. The molecule has 0 fully saturated rings. The largest absolute Gasteiger partial charge is 0.482 e. The molecular weight excluding hydrogens is 234 g/mol. The van der Waals surface area contributed by atoms with E-state index in [9.17, 15) is 4.79 Å². The maximum atomic E-state index is 11.4. The zero-order valence-electron chi connectivity index (χ0n) is 10.5. The predicted molar refractivity (Wildman–Crippen MR) is 67.1 cm³/mol. The molecule has 0 unspecified atom stereocenters. The van der Waals surface area contributed by atoms with E-state index >= 15 is 0 Å². The van der Waals surface area contributed by atoms with E-state index in [1.54, 1.807) is 25.4 Å². The third-order valence-electron chi connectivity index (χ3n) is 2.22. The smallest absolute Gasteiger partial charge is 0.257 e. The molecule has 18 heavy (non-hydrogen) atoms. The number of rotatable bonds is 8. The number of methoxy groups -OCH3 is 1. The zero-order valence-corrected chi connectivity index (χ0v) is 10.5. The summed E-state index contributed by atoms with van der Waals surface area (Å²) in [6.07, 6.45) is 2.34. The van der Waals surface area contributed by atoms with Crippen LogP contribution in [0, 0.1) is 0 Å². The standard InChI is InChI=1S/C12H19N3O3/c1-17-6-2-5-14-12(16)9-18-11-4-3-10(7-13)15-8-11/h3-4,8H,2,5-7,9,13H2,1H3,(H,14,16). The van der Waals surface area contributed by atoms with Crippen molar-refractivity contribution in [1.82, 2.24) is 10.3 Å². The summed E-state index contributed by atoms with van der Waals surface area (Å²) in [4.78, 5) is 15.4. The Kier molecular flexibility index (Phi) is 6.75. The van der Waals surface area contributed by atoms with Crippen molar-refractivity contribution in [1.29, 1.82) is 0 Å². The first-order valence-corrected chi connectivity index (χ1v) is 5.79. The number of carbonyl (C=O) groups is 1. The van der Waals surface area contributed by atoms with Crippen molar-refractivity contribution in [2.45, 2.75) is 13.0 Å². The second-order valence-corrected chi connectivity index (χ2v) is 3.67. The summed E-state index contributed by atoms with van der Waals surface area (Å²) in [5, 5.41) is 2.73. The second-order valence-electron chi connectivity index (χ2n) is 3.67. The van der Waals surface area contributed by atoms with Crippen LogP contribution in [0.1, 0.15) is 12.1 Å². The molecule has 6 heteroatoms. The van der Waals surface area contributed by atoms with Gasteiger partial charge in [0, 0.05) is 26.8 Å². The monoisotopic (exact) mass is 253 g/mol. The molecule has 0 saturated carbocycles. The van der Waals surface area contributed by atoms with Crippen LogP contribution in [-0.2, 0) is 16.1 Å². The van der Waals surface area contributed by atoms with Crippen molar-refractivity contribution in [3.05, 3.63) is 24.0 Å². The summed E-state index contributed by atoms with van der Waals surface area (Å²) in [6, 6.07) is 3.51. The number of nitrogens with two attached hydrogens (primary N) is 1. The third kappa shape index (κ3) is 5.60. The molecule has 0 radical (unpaired) electrons. The van der Waals surface area contributed by atoms with Crippen LogP contribution < -0.4 is 15.8 Å². The first-order valence-electron chi connectivity index (χ1n) is 5.79. The molecule has 1 aromatic rings. The van der Waals surface area contributed by atoms with Crippen molar-refractivity contribution >= 4 is 5.91 Å². The van der Waals surface area contributed by atoms with Crippen LogP contribution in [0.4, 0.5) is 0 Å². The Morgan fingerprint density at radius 1 is 1.50 bits per heavy atom. The Hall–Kier alpha value is -1.66. The summed E-state index contributed by atoms with van der Waals surface area (Å²) in [5.41, 5.74) is 6.21. The quantitative estimate of drug-likeness (QED) is 0.640. The molecule has 0 atom stereocenters. The van der Waals surface area contributed by atoms with E-state index in [0.717, 1.165) is 12.1 Å². The van der Waals surface area contributed by atoms with Crippen molar-refractivity contribution in [3.8, 4) is 5.75 Å². The molecule has 0 spiro atoms. The van der Waals surface area contributed by atoms with E-state index in [1.807, 2.05) is 0 Å². The third-order valence-corrected chi connectivity index (χ3v) is 2.22. The first-order chi connectivity index (χ1) is 8.76. The van der Waals surface area contributed by atoms with Crippen LogP contribution in [0.25, 0.3) is 0 Å². The Labute approximate surface area is 106 Å². The molecule has 1 heterocycles. The van der Waals surface area contributed by atoms with Gasteiger partial charge in [-0.05, 0) is 18.6 Å². The minimum Gasteiger partial charge on any atom is -0.482 e. The summed E-state index contributed by atoms with van der Waals surface area (Å²) in [7, 11) is 1.63.